The van der Waals surface area contributed by atoms with Gasteiger partial charge in [0.25, 0.3) is 11.8 Å². The molecule has 1 aliphatic heterocycles. The van der Waals surface area contributed by atoms with Crippen molar-refractivity contribution in [3.8, 4) is 0 Å². The number of imidazole rings is 1. The van der Waals surface area contributed by atoms with E-state index in [9.17, 15) is 14.4 Å². The van der Waals surface area contributed by atoms with Crippen molar-refractivity contribution in [2.45, 2.75) is 39.2 Å². The highest BCUT2D eigenvalue weighted by molar-refractivity contribution is 6.20. The molecule has 3 amide bonds. The Morgan fingerprint density at radius 3 is 2.71 bits per heavy atom. The molecule has 1 aliphatic rings. The standard InChI is InChI=1S/C23H25N5O3/c1-3-14(2)19(21-25-16-9-4-5-10-17(16)26-21)27-18(29)11-7-13-28-22(30)15-8-6-12-24-20(15)23(28)31/h4-6,8-10,12,14,19H,3,7,11,13H2,1-2H3,(H,25,26)(H,27,29). The number of aromatic nitrogens is 3. The van der Waals surface area contributed by atoms with E-state index in [0.717, 1.165) is 28.2 Å². The first-order valence-corrected chi connectivity index (χ1v) is 10.5. The second-order valence-corrected chi connectivity index (χ2v) is 7.83. The molecule has 31 heavy (non-hydrogen) atoms. The zero-order valence-electron chi connectivity index (χ0n) is 17.6. The number of nitrogens with zero attached hydrogens (tertiary/aromatic N) is 3. The Hall–Kier alpha value is -3.55. The quantitative estimate of drug-likeness (QED) is 0.545. The van der Waals surface area contributed by atoms with E-state index in [-0.39, 0.29) is 42.4 Å². The van der Waals surface area contributed by atoms with Crippen LogP contribution in [0.4, 0.5) is 0 Å². The summed E-state index contributed by atoms with van der Waals surface area (Å²) in [5.74, 6) is 0.0247. The van der Waals surface area contributed by atoms with Crippen LogP contribution in [0.15, 0.2) is 42.6 Å². The Kier molecular flexibility index (Phi) is 5.79. The topological polar surface area (TPSA) is 108 Å². The van der Waals surface area contributed by atoms with Crippen molar-refractivity contribution in [3.63, 3.8) is 0 Å². The lowest BCUT2D eigenvalue weighted by molar-refractivity contribution is -0.122. The number of hydrogen-bond acceptors (Lipinski definition) is 5. The number of carbonyl (C=O) groups is 3. The molecular formula is C23H25N5O3. The number of hydrogen-bond donors (Lipinski definition) is 2. The summed E-state index contributed by atoms with van der Waals surface area (Å²) in [6, 6.07) is 10.7. The maximum atomic E-state index is 12.7. The molecule has 2 unspecified atom stereocenters. The molecule has 2 aromatic heterocycles. The zero-order valence-corrected chi connectivity index (χ0v) is 17.6. The van der Waals surface area contributed by atoms with E-state index in [1.165, 1.54) is 6.20 Å². The third-order valence-electron chi connectivity index (χ3n) is 5.75. The van der Waals surface area contributed by atoms with Crippen LogP contribution in [0.25, 0.3) is 11.0 Å². The van der Waals surface area contributed by atoms with E-state index in [4.69, 9.17) is 0 Å². The van der Waals surface area contributed by atoms with Crippen molar-refractivity contribution in [2.75, 3.05) is 6.54 Å². The van der Waals surface area contributed by atoms with Crippen molar-refractivity contribution in [1.82, 2.24) is 25.2 Å². The van der Waals surface area contributed by atoms with Gasteiger partial charge in [-0.25, -0.2) is 4.98 Å². The number of benzene rings is 1. The number of fused-ring (bicyclic) bond motifs is 2. The molecule has 3 heterocycles. The number of pyridine rings is 1. The summed E-state index contributed by atoms with van der Waals surface area (Å²) >= 11 is 0. The molecule has 8 nitrogen and oxygen atoms in total. The van der Waals surface area contributed by atoms with Crippen LogP contribution in [-0.4, -0.2) is 44.1 Å². The third kappa shape index (κ3) is 4.05. The summed E-state index contributed by atoms with van der Waals surface area (Å²) in [6.07, 6.45) is 2.96. The first-order valence-electron chi connectivity index (χ1n) is 10.5. The van der Waals surface area contributed by atoms with Crippen molar-refractivity contribution in [2.24, 2.45) is 5.92 Å². The molecule has 160 valence electrons. The number of aromatic amines is 1. The van der Waals surface area contributed by atoms with Crippen molar-refractivity contribution in [3.05, 3.63) is 59.7 Å². The molecule has 1 aromatic carbocycles. The van der Waals surface area contributed by atoms with E-state index in [1.54, 1.807) is 12.1 Å². The van der Waals surface area contributed by atoms with Crippen LogP contribution in [0, 0.1) is 5.92 Å². The maximum Gasteiger partial charge on any atom is 0.280 e. The van der Waals surface area contributed by atoms with Gasteiger partial charge in [0, 0.05) is 19.2 Å². The van der Waals surface area contributed by atoms with Gasteiger partial charge in [0.1, 0.15) is 11.5 Å². The predicted octanol–water partition coefficient (Wildman–Crippen LogP) is 3.24. The molecule has 8 heteroatoms. The van der Waals surface area contributed by atoms with Gasteiger partial charge in [-0.15, -0.1) is 0 Å². The summed E-state index contributed by atoms with van der Waals surface area (Å²) in [7, 11) is 0. The molecular weight excluding hydrogens is 394 g/mol. The van der Waals surface area contributed by atoms with Crippen LogP contribution in [0.2, 0.25) is 0 Å². The average molecular weight is 419 g/mol. The van der Waals surface area contributed by atoms with Crippen molar-refractivity contribution < 1.29 is 14.4 Å². The number of H-pyrrole nitrogens is 1. The monoisotopic (exact) mass is 419 g/mol. The molecule has 0 radical (unpaired) electrons. The second-order valence-electron chi connectivity index (χ2n) is 7.83. The van der Waals surface area contributed by atoms with Crippen molar-refractivity contribution in [1.29, 1.82) is 0 Å². The third-order valence-corrected chi connectivity index (χ3v) is 5.75. The van der Waals surface area contributed by atoms with E-state index in [2.05, 4.69) is 34.1 Å². The highest BCUT2D eigenvalue weighted by atomic mass is 16.2. The molecule has 3 aromatic rings. The fourth-order valence-corrected chi connectivity index (χ4v) is 3.80. The van der Waals surface area contributed by atoms with Gasteiger partial charge in [-0.3, -0.25) is 24.3 Å². The van der Waals surface area contributed by atoms with Crippen LogP contribution in [0.5, 0.6) is 0 Å². The number of carbonyl (C=O) groups excluding carboxylic acids is 3. The lowest BCUT2D eigenvalue weighted by atomic mass is 9.98. The highest BCUT2D eigenvalue weighted by Gasteiger charge is 2.36. The molecule has 0 fully saturated rings. The SMILES string of the molecule is CCC(C)C(NC(=O)CCCN1C(=O)c2cccnc2C1=O)c1nc2ccccc2[nH]1. The molecule has 0 spiro atoms. The second kappa shape index (κ2) is 8.67. The van der Waals surface area contributed by atoms with Gasteiger partial charge >= 0.3 is 0 Å². The van der Waals surface area contributed by atoms with E-state index < -0.39 is 5.91 Å². The lowest BCUT2D eigenvalue weighted by Crippen LogP contribution is -2.35. The van der Waals surface area contributed by atoms with E-state index >= 15 is 0 Å². The number of nitrogens with one attached hydrogen (secondary N) is 2. The number of rotatable bonds is 8. The molecule has 2 atom stereocenters. The van der Waals surface area contributed by atoms with E-state index in [0.29, 0.717) is 12.0 Å². The Bertz CT molecular complexity index is 1070. The van der Waals surface area contributed by atoms with Crippen LogP contribution in [-0.2, 0) is 4.79 Å². The van der Waals surface area contributed by atoms with Crippen LogP contribution >= 0.6 is 0 Å². The summed E-state index contributed by atoms with van der Waals surface area (Å²) in [4.78, 5) is 50.6. The molecule has 0 saturated heterocycles. The minimum atomic E-state index is -0.402. The fourth-order valence-electron chi connectivity index (χ4n) is 3.80. The average Bonchev–Trinajstić information content (AvgIpc) is 3.32. The van der Waals surface area contributed by atoms with Gasteiger partial charge in [-0.1, -0.05) is 32.4 Å². The minimum absolute atomic E-state index is 0.138. The highest BCUT2D eigenvalue weighted by Crippen LogP contribution is 2.25. The maximum absolute atomic E-state index is 12.7. The zero-order chi connectivity index (χ0) is 22.0. The number of imide groups is 1. The van der Waals surface area contributed by atoms with Gasteiger partial charge < -0.3 is 10.3 Å². The summed E-state index contributed by atoms with van der Waals surface area (Å²) in [5.41, 5.74) is 2.29. The molecule has 2 N–H and O–H groups in total. The molecule has 0 bridgehead atoms. The minimum Gasteiger partial charge on any atom is -0.346 e. The van der Waals surface area contributed by atoms with Gasteiger partial charge in [0.2, 0.25) is 5.91 Å². The van der Waals surface area contributed by atoms with Crippen LogP contribution in [0.1, 0.15) is 65.8 Å². The van der Waals surface area contributed by atoms with Gasteiger partial charge in [0.15, 0.2) is 0 Å². The summed E-state index contributed by atoms with van der Waals surface area (Å²) in [6.45, 7) is 4.33. The van der Waals surface area contributed by atoms with Gasteiger partial charge in [-0.2, -0.15) is 0 Å². The fraction of sp³-hybridized carbons (Fsp3) is 0.348. The Morgan fingerprint density at radius 1 is 1.16 bits per heavy atom. The smallest absolute Gasteiger partial charge is 0.280 e. The molecule has 4 rings (SSSR count). The summed E-state index contributed by atoms with van der Waals surface area (Å²) < 4.78 is 0. The van der Waals surface area contributed by atoms with Gasteiger partial charge in [0.05, 0.1) is 22.6 Å². The first-order chi connectivity index (χ1) is 15.0. The largest absolute Gasteiger partial charge is 0.346 e. The molecule has 0 saturated carbocycles. The van der Waals surface area contributed by atoms with Crippen molar-refractivity contribution >= 4 is 28.8 Å². The molecule has 0 aliphatic carbocycles. The van der Waals surface area contributed by atoms with Gasteiger partial charge in [-0.05, 0) is 36.6 Å². The van der Waals surface area contributed by atoms with Crippen LogP contribution < -0.4 is 5.32 Å². The Morgan fingerprint density at radius 2 is 1.97 bits per heavy atom. The van der Waals surface area contributed by atoms with E-state index in [1.807, 2.05) is 24.3 Å². The Labute approximate surface area is 180 Å². The Balaban J connectivity index is 1.38. The first kappa shape index (κ1) is 20.7. The lowest BCUT2D eigenvalue weighted by Gasteiger charge is -2.22. The number of amides is 3. The normalized spacial score (nSPS) is 15.2. The van der Waals surface area contributed by atoms with Crippen LogP contribution in [0.3, 0.4) is 0 Å². The summed E-state index contributed by atoms with van der Waals surface area (Å²) in [5, 5.41) is 3.08. The predicted molar refractivity (Wildman–Crippen MR) is 115 cm³/mol. The number of para-hydroxylation sites is 2.